The molecule has 1 atom stereocenters. The molecule has 2 aromatic carbocycles. The fourth-order valence-corrected chi connectivity index (χ4v) is 4.11. The molecule has 166 valence electrons. The Bertz CT molecular complexity index is 1150. The van der Waals surface area contributed by atoms with Crippen molar-refractivity contribution in [2.75, 3.05) is 29.5 Å². The van der Waals surface area contributed by atoms with Gasteiger partial charge in [-0.1, -0.05) is 43.3 Å². The van der Waals surface area contributed by atoms with Gasteiger partial charge in [-0.3, -0.25) is 4.79 Å². The second kappa shape index (κ2) is 8.47. The lowest BCUT2D eigenvalue weighted by molar-refractivity contribution is -0.135. The first-order chi connectivity index (χ1) is 15.4. The maximum absolute atomic E-state index is 13.7. The number of aryl methyl sites for hydroxylation is 1. The summed E-state index contributed by atoms with van der Waals surface area (Å²) >= 11 is 0. The molecule has 0 radical (unpaired) electrons. The van der Waals surface area contributed by atoms with Crippen LogP contribution in [0.3, 0.4) is 0 Å². The molecule has 0 aliphatic carbocycles. The van der Waals surface area contributed by atoms with Gasteiger partial charge in [0.25, 0.3) is 5.91 Å². The van der Waals surface area contributed by atoms with Gasteiger partial charge in [0.1, 0.15) is 11.6 Å². The number of hydrogen-bond acceptors (Lipinski definition) is 7. The van der Waals surface area contributed by atoms with Crippen LogP contribution in [0.1, 0.15) is 31.5 Å². The molecule has 0 fully saturated rings. The van der Waals surface area contributed by atoms with E-state index < -0.39 is 5.60 Å². The summed E-state index contributed by atoms with van der Waals surface area (Å²) in [6.07, 6.45) is 1.06. The molecule has 0 spiro atoms. The summed E-state index contributed by atoms with van der Waals surface area (Å²) in [5, 5.41) is 9.43. The van der Waals surface area contributed by atoms with E-state index in [1.54, 1.807) is 11.8 Å². The minimum atomic E-state index is -1.18. The van der Waals surface area contributed by atoms with Gasteiger partial charge in [-0.25, -0.2) is 4.98 Å². The van der Waals surface area contributed by atoms with Gasteiger partial charge in [-0.2, -0.15) is 4.98 Å². The molecular formula is C24H27N5O3. The van der Waals surface area contributed by atoms with Crippen LogP contribution in [0.5, 0.6) is 5.75 Å². The van der Waals surface area contributed by atoms with Crippen LogP contribution < -0.4 is 21.1 Å². The summed E-state index contributed by atoms with van der Waals surface area (Å²) in [6, 6.07) is 15.0. The molecule has 8 nitrogen and oxygen atoms in total. The van der Waals surface area contributed by atoms with Crippen LogP contribution in [0.15, 0.2) is 48.5 Å². The third kappa shape index (κ3) is 3.62. The summed E-state index contributed by atoms with van der Waals surface area (Å²) in [4.78, 5) is 23.8. The molecule has 1 unspecified atom stereocenters. The topological polar surface area (TPSA) is 128 Å². The van der Waals surface area contributed by atoms with E-state index >= 15 is 0 Å². The van der Waals surface area contributed by atoms with Gasteiger partial charge in [0.15, 0.2) is 0 Å². The SMILES string of the molecule is CCc1nc(N)nc(N)c1-c1ccc2c(c1)N(CCCO)C(=O)C(C)(c1ccccc1)O2. The number of aliphatic hydroxyl groups is 1. The van der Waals surface area contributed by atoms with Crippen LogP contribution in [0.4, 0.5) is 17.5 Å². The molecule has 0 saturated heterocycles. The number of fused-ring (bicyclic) bond motifs is 1. The number of aliphatic hydroxyl groups excluding tert-OH is 1. The van der Waals surface area contributed by atoms with Crippen molar-refractivity contribution in [3.63, 3.8) is 0 Å². The molecule has 1 aliphatic rings. The van der Waals surface area contributed by atoms with Crippen molar-refractivity contribution in [2.24, 2.45) is 0 Å². The van der Waals surface area contributed by atoms with Crippen LogP contribution in [-0.4, -0.2) is 34.1 Å². The highest BCUT2D eigenvalue weighted by Crippen LogP contribution is 2.44. The van der Waals surface area contributed by atoms with Crippen LogP contribution in [-0.2, 0) is 16.8 Å². The van der Waals surface area contributed by atoms with Crippen LogP contribution in [0.25, 0.3) is 11.1 Å². The van der Waals surface area contributed by atoms with E-state index in [-0.39, 0.29) is 24.3 Å². The Labute approximate surface area is 186 Å². The lowest BCUT2D eigenvalue weighted by Crippen LogP contribution is -2.52. The molecule has 32 heavy (non-hydrogen) atoms. The maximum Gasteiger partial charge on any atom is 0.275 e. The number of hydrogen-bond donors (Lipinski definition) is 3. The second-order valence-electron chi connectivity index (χ2n) is 7.86. The number of nitrogens with two attached hydrogens (primary N) is 2. The van der Waals surface area contributed by atoms with E-state index in [4.69, 9.17) is 16.2 Å². The van der Waals surface area contributed by atoms with E-state index in [1.807, 2.05) is 55.5 Å². The number of rotatable bonds is 6. The van der Waals surface area contributed by atoms with Crippen molar-refractivity contribution in [3.05, 3.63) is 59.8 Å². The summed E-state index contributed by atoms with van der Waals surface area (Å²) in [6.45, 7) is 4.06. The molecule has 5 N–H and O–H groups in total. The standard InChI is InChI=1S/C24H27N5O3/c1-3-17-20(21(25)28-23(26)27-17)15-10-11-19-18(14-15)29(12-7-13-30)22(31)24(2,32-19)16-8-5-4-6-9-16/h4-6,8-11,14,30H,3,7,12-13H2,1-2H3,(H4,25,26,27,28). The van der Waals surface area contributed by atoms with Gasteiger partial charge in [-0.05, 0) is 37.5 Å². The predicted molar refractivity (Wildman–Crippen MR) is 124 cm³/mol. The zero-order valence-corrected chi connectivity index (χ0v) is 18.2. The molecule has 1 aromatic heterocycles. The van der Waals surface area contributed by atoms with Gasteiger partial charge in [-0.15, -0.1) is 0 Å². The number of benzene rings is 2. The Morgan fingerprint density at radius 3 is 2.56 bits per heavy atom. The van der Waals surface area contributed by atoms with E-state index in [1.165, 1.54) is 0 Å². The Balaban J connectivity index is 1.85. The number of amides is 1. The Kier molecular flexibility index (Phi) is 5.71. The fraction of sp³-hybridized carbons (Fsp3) is 0.292. The van der Waals surface area contributed by atoms with Crippen molar-refractivity contribution in [1.82, 2.24) is 9.97 Å². The lowest BCUT2D eigenvalue weighted by Gasteiger charge is -2.41. The third-order valence-corrected chi connectivity index (χ3v) is 5.73. The summed E-state index contributed by atoms with van der Waals surface area (Å²) in [7, 11) is 0. The molecule has 1 aliphatic heterocycles. The third-order valence-electron chi connectivity index (χ3n) is 5.73. The number of nitrogen functional groups attached to an aromatic ring is 2. The Hall–Kier alpha value is -3.65. The van der Waals surface area contributed by atoms with Gasteiger partial charge in [0, 0.05) is 24.3 Å². The van der Waals surface area contributed by atoms with Gasteiger partial charge < -0.3 is 26.2 Å². The minimum Gasteiger partial charge on any atom is -0.471 e. The first-order valence-electron chi connectivity index (χ1n) is 10.6. The van der Waals surface area contributed by atoms with E-state index in [2.05, 4.69) is 9.97 Å². The highest BCUT2D eigenvalue weighted by molar-refractivity contribution is 6.04. The molecule has 0 saturated carbocycles. The summed E-state index contributed by atoms with van der Waals surface area (Å²) in [5.41, 5.74) is 14.4. The average molecular weight is 434 g/mol. The van der Waals surface area contributed by atoms with Gasteiger partial charge in [0.05, 0.1) is 11.4 Å². The van der Waals surface area contributed by atoms with Crippen molar-refractivity contribution >= 4 is 23.4 Å². The number of ether oxygens (including phenoxy) is 1. The fourth-order valence-electron chi connectivity index (χ4n) is 4.11. The lowest BCUT2D eigenvalue weighted by atomic mass is 9.91. The highest BCUT2D eigenvalue weighted by Gasteiger charge is 2.46. The largest absolute Gasteiger partial charge is 0.471 e. The van der Waals surface area contributed by atoms with E-state index in [9.17, 15) is 9.90 Å². The molecule has 0 bridgehead atoms. The Morgan fingerprint density at radius 2 is 1.88 bits per heavy atom. The number of aromatic nitrogens is 2. The molecule has 3 aromatic rings. The summed E-state index contributed by atoms with van der Waals surface area (Å²) < 4.78 is 6.29. The van der Waals surface area contributed by atoms with Crippen molar-refractivity contribution in [3.8, 4) is 16.9 Å². The number of carbonyl (C=O) groups excluding carboxylic acids is 1. The van der Waals surface area contributed by atoms with Crippen molar-refractivity contribution in [2.45, 2.75) is 32.3 Å². The second-order valence-corrected chi connectivity index (χ2v) is 7.86. The predicted octanol–water partition coefficient (Wildman–Crippen LogP) is 2.89. The smallest absolute Gasteiger partial charge is 0.275 e. The first kappa shape index (κ1) is 21.6. The Morgan fingerprint density at radius 1 is 1.12 bits per heavy atom. The zero-order valence-electron chi connectivity index (χ0n) is 18.2. The maximum atomic E-state index is 13.7. The molecular weight excluding hydrogens is 406 g/mol. The normalized spacial score (nSPS) is 17.7. The number of anilines is 3. The van der Waals surface area contributed by atoms with E-state index in [0.717, 1.165) is 16.8 Å². The van der Waals surface area contributed by atoms with E-state index in [0.29, 0.717) is 36.4 Å². The number of nitrogens with zero attached hydrogens (tertiary/aromatic N) is 3. The quantitative estimate of drug-likeness (QED) is 0.545. The summed E-state index contributed by atoms with van der Waals surface area (Å²) in [5.74, 6) is 0.792. The minimum absolute atomic E-state index is 0.0273. The average Bonchev–Trinajstić information content (AvgIpc) is 2.79. The first-order valence-corrected chi connectivity index (χ1v) is 10.6. The highest BCUT2D eigenvalue weighted by atomic mass is 16.5. The van der Waals surface area contributed by atoms with Crippen LogP contribution >= 0.6 is 0 Å². The van der Waals surface area contributed by atoms with Crippen molar-refractivity contribution in [1.29, 1.82) is 0 Å². The molecule has 2 heterocycles. The van der Waals surface area contributed by atoms with Gasteiger partial charge >= 0.3 is 0 Å². The monoisotopic (exact) mass is 433 g/mol. The zero-order chi connectivity index (χ0) is 22.9. The number of carbonyl (C=O) groups is 1. The van der Waals surface area contributed by atoms with Gasteiger partial charge in [0.2, 0.25) is 11.5 Å². The van der Waals surface area contributed by atoms with Crippen molar-refractivity contribution < 1.29 is 14.6 Å². The van der Waals surface area contributed by atoms with Crippen LogP contribution in [0, 0.1) is 0 Å². The molecule has 8 heteroatoms. The molecule has 1 amide bonds. The molecule has 4 rings (SSSR count). The van der Waals surface area contributed by atoms with Crippen LogP contribution in [0.2, 0.25) is 0 Å².